The number of piperidine rings is 2. The number of fused-ring (bicyclic) bond motifs is 1. The van der Waals surface area contributed by atoms with E-state index >= 15 is 0 Å². The average Bonchev–Trinajstić information content (AvgIpc) is 2.74. The molecule has 0 aromatic heterocycles. The molecule has 2 heterocycles. The number of carbonyl (C=O) groups is 1. The molecule has 2 fully saturated rings. The Bertz CT molecular complexity index is 790. The number of rotatable bonds is 4. The fourth-order valence-corrected chi connectivity index (χ4v) is 4.62. The summed E-state index contributed by atoms with van der Waals surface area (Å²) in [6, 6.07) is 12.7. The number of likely N-dealkylation sites (tertiary alicyclic amines) is 2. The number of hydrogen-bond acceptors (Lipinski definition) is 3. The molecule has 2 aromatic carbocycles. The van der Waals surface area contributed by atoms with E-state index in [1.807, 2.05) is 42.2 Å². The van der Waals surface area contributed by atoms with Crippen LogP contribution in [0.1, 0.15) is 49.4 Å². The van der Waals surface area contributed by atoms with Gasteiger partial charge >= 0.3 is 0 Å². The van der Waals surface area contributed by atoms with Crippen LogP contribution in [-0.2, 0) is 0 Å². The molecular formula is C23H30N2O2. The molecular weight excluding hydrogens is 336 g/mol. The van der Waals surface area contributed by atoms with Crippen LogP contribution in [0.5, 0.6) is 5.75 Å². The molecule has 2 saturated heterocycles. The summed E-state index contributed by atoms with van der Waals surface area (Å²) in [6.07, 6.45) is 6.19. The molecule has 0 N–H and O–H groups in total. The summed E-state index contributed by atoms with van der Waals surface area (Å²) in [6.45, 7) is 6.68. The van der Waals surface area contributed by atoms with Crippen LogP contribution in [0.3, 0.4) is 0 Å². The minimum atomic E-state index is 0.118. The topological polar surface area (TPSA) is 32.8 Å². The summed E-state index contributed by atoms with van der Waals surface area (Å²) in [5.74, 6) is 0.826. The molecule has 0 bridgehead atoms. The highest BCUT2D eigenvalue weighted by Crippen LogP contribution is 2.31. The Kier molecular flexibility index (Phi) is 5.63. The normalized spacial score (nSPS) is 19.4. The maximum atomic E-state index is 13.4. The van der Waals surface area contributed by atoms with Gasteiger partial charge in [0.2, 0.25) is 0 Å². The van der Waals surface area contributed by atoms with Gasteiger partial charge in [-0.05, 0) is 62.5 Å². The Morgan fingerprint density at radius 1 is 1.00 bits per heavy atom. The van der Waals surface area contributed by atoms with Crippen molar-refractivity contribution in [3.05, 3.63) is 42.0 Å². The molecule has 144 valence electrons. The fraction of sp³-hybridized carbons (Fsp3) is 0.522. The Morgan fingerprint density at radius 3 is 2.48 bits per heavy atom. The molecule has 27 heavy (non-hydrogen) atoms. The molecule has 0 aliphatic carbocycles. The molecule has 0 unspecified atom stereocenters. The zero-order chi connectivity index (χ0) is 18.6. The van der Waals surface area contributed by atoms with Gasteiger partial charge < -0.3 is 14.5 Å². The summed E-state index contributed by atoms with van der Waals surface area (Å²) >= 11 is 0. The predicted octanol–water partition coefficient (Wildman–Crippen LogP) is 4.33. The van der Waals surface area contributed by atoms with Crippen LogP contribution in [0.4, 0.5) is 0 Å². The summed E-state index contributed by atoms with van der Waals surface area (Å²) in [7, 11) is 0. The molecule has 0 spiro atoms. The van der Waals surface area contributed by atoms with Gasteiger partial charge in [-0.2, -0.15) is 0 Å². The molecule has 2 aliphatic heterocycles. The van der Waals surface area contributed by atoms with Crippen molar-refractivity contribution in [2.24, 2.45) is 0 Å². The lowest BCUT2D eigenvalue weighted by atomic mass is 9.98. The predicted molar refractivity (Wildman–Crippen MR) is 109 cm³/mol. The molecule has 4 rings (SSSR count). The zero-order valence-corrected chi connectivity index (χ0v) is 16.3. The lowest BCUT2D eigenvalue weighted by Gasteiger charge is -2.40. The summed E-state index contributed by atoms with van der Waals surface area (Å²) in [5.41, 5.74) is 0.728. The van der Waals surface area contributed by atoms with E-state index in [9.17, 15) is 4.79 Å². The molecule has 4 heteroatoms. The van der Waals surface area contributed by atoms with Gasteiger partial charge in [0.25, 0.3) is 5.91 Å². The first-order valence-corrected chi connectivity index (χ1v) is 10.5. The number of hydrogen-bond donors (Lipinski definition) is 0. The number of benzene rings is 2. The molecule has 2 aromatic rings. The van der Waals surface area contributed by atoms with Crippen molar-refractivity contribution in [1.82, 2.24) is 9.80 Å². The second-order valence-electron chi connectivity index (χ2n) is 7.71. The third-order valence-electron chi connectivity index (χ3n) is 6.06. The minimum Gasteiger partial charge on any atom is -0.493 e. The van der Waals surface area contributed by atoms with Gasteiger partial charge in [0.15, 0.2) is 0 Å². The van der Waals surface area contributed by atoms with Crippen LogP contribution < -0.4 is 4.74 Å². The van der Waals surface area contributed by atoms with E-state index in [0.29, 0.717) is 18.4 Å². The minimum absolute atomic E-state index is 0.118. The highest BCUT2D eigenvalue weighted by atomic mass is 16.5. The Hall–Kier alpha value is -2.07. The molecule has 1 amide bonds. The number of carbonyl (C=O) groups excluding carboxylic acids is 1. The first kappa shape index (κ1) is 18.3. The Labute approximate surface area is 162 Å². The smallest absolute Gasteiger partial charge is 0.258 e. The van der Waals surface area contributed by atoms with E-state index in [1.165, 1.54) is 32.4 Å². The third-order valence-corrected chi connectivity index (χ3v) is 6.06. The van der Waals surface area contributed by atoms with Crippen LogP contribution >= 0.6 is 0 Å². The Morgan fingerprint density at radius 2 is 1.74 bits per heavy atom. The number of amides is 1. The molecule has 0 saturated carbocycles. The van der Waals surface area contributed by atoms with E-state index in [2.05, 4.69) is 11.0 Å². The molecule has 0 radical (unpaired) electrons. The summed E-state index contributed by atoms with van der Waals surface area (Å²) in [5, 5.41) is 2.08. The van der Waals surface area contributed by atoms with Crippen molar-refractivity contribution in [2.45, 2.75) is 45.1 Å². The van der Waals surface area contributed by atoms with Crippen molar-refractivity contribution in [1.29, 1.82) is 0 Å². The van der Waals surface area contributed by atoms with Gasteiger partial charge in [0, 0.05) is 19.1 Å². The lowest BCUT2D eigenvalue weighted by molar-refractivity contribution is 0.0588. The third kappa shape index (κ3) is 3.81. The standard InChI is InChI=1S/C23H30N2O2/c1-2-27-21-11-10-18-8-4-5-9-20(18)22(21)23(26)25-16-12-19(13-17-25)24-14-6-3-7-15-24/h4-5,8-11,19H,2-3,6-7,12-17H2,1H3. The van der Waals surface area contributed by atoms with Crippen molar-refractivity contribution in [3.8, 4) is 5.75 Å². The van der Waals surface area contributed by atoms with Crippen molar-refractivity contribution < 1.29 is 9.53 Å². The summed E-state index contributed by atoms with van der Waals surface area (Å²) < 4.78 is 5.82. The van der Waals surface area contributed by atoms with E-state index in [-0.39, 0.29) is 5.91 Å². The van der Waals surface area contributed by atoms with Gasteiger partial charge in [-0.15, -0.1) is 0 Å². The average molecular weight is 367 g/mol. The molecule has 0 atom stereocenters. The fourth-order valence-electron chi connectivity index (χ4n) is 4.62. The lowest BCUT2D eigenvalue weighted by Crippen LogP contribution is -2.48. The van der Waals surface area contributed by atoms with Crippen LogP contribution in [-0.4, -0.2) is 54.5 Å². The van der Waals surface area contributed by atoms with Crippen molar-refractivity contribution >= 4 is 16.7 Å². The second kappa shape index (κ2) is 8.30. The van der Waals surface area contributed by atoms with Gasteiger partial charge in [-0.3, -0.25) is 4.79 Å². The first-order valence-electron chi connectivity index (χ1n) is 10.5. The number of ether oxygens (including phenoxy) is 1. The number of nitrogens with zero attached hydrogens (tertiary/aromatic N) is 2. The van der Waals surface area contributed by atoms with Crippen LogP contribution in [0.2, 0.25) is 0 Å². The highest BCUT2D eigenvalue weighted by molar-refractivity contribution is 6.09. The quantitative estimate of drug-likeness (QED) is 0.807. The van der Waals surface area contributed by atoms with Gasteiger partial charge in [0.05, 0.1) is 12.2 Å². The SMILES string of the molecule is CCOc1ccc2ccccc2c1C(=O)N1CCC(N2CCCCC2)CC1. The van der Waals surface area contributed by atoms with Crippen molar-refractivity contribution in [2.75, 3.05) is 32.8 Å². The van der Waals surface area contributed by atoms with Crippen LogP contribution in [0.15, 0.2) is 36.4 Å². The van der Waals surface area contributed by atoms with Crippen molar-refractivity contribution in [3.63, 3.8) is 0 Å². The first-order chi connectivity index (χ1) is 13.3. The zero-order valence-electron chi connectivity index (χ0n) is 16.3. The molecule has 4 nitrogen and oxygen atoms in total. The largest absolute Gasteiger partial charge is 0.493 e. The Balaban J connectivity index is 1.53. The summed E-state index contributed by atoms with van der Waals surface area (Å²) in [4.78, 5) is 18.1. The van der Waals surface area contributed by atoms with Crippen LogP contribution in [0, 0.1) is 0 Å². The maximum Gasteiger partial charge on any atom is 0.258 e. The van der Waals surface area contributed by atoms with E-state index in [0.717, 1.165) is 42.3 Å². The van der Waals surface area contributed by atoms with Gasteiger partial charge in [-0.1, -0.05) is 36.8 Å². The van der Waals surface area contributed by atoms with Gasteiger partial charge in [-0.25, -0.2) is 0 Å². The monoisotopic (exact) mass is 366 g/mol. The van der Waals surface area contributed by atoms with Crippen LogP contribution in [0.25, 0.3) is 10.8 Å². The van der Waals surface area contributed by atoms with Gasteiger partial charge in [0.1, 0.15) is 5.75 Å². The van der Waals surface area contributed by atoms with E-state index < -0.39 is 0 Å². The van der Waals surface area contributed by atoms with E-state index in [4.69, 9.17) is 4.74 Å². The maximum absolute atomic E-state index is 13.4. The highest BCUT2D eigenvalue weighted by Gasteiger charge is 2.29. The van der Waals surface area contributed by atoms with E-state index in [1.54, 1.807) is 0 Å². The second-order valence-corrected chi connectivity index (χ2v) is 7.71. The molecule has 2 aliphatic rings.